The standard InChI is InChI=1S/2C10H16/c2*1-8(2)10-6-4-9(3)5-7-10/h2*4,6,8H,5,7H2,1-3H3. The number of rotatable bonds is 2. The molecule has 112 valence electrons. The van der Waals surface area contributed by atoms with Crippen molar-refractivity contribution in [2.24, 2.45) is 11.8 Å². The molecule has 0 unspecified atom stereocenters. The fourth-order valence-corrected chi connectivity index (χ4v) is 2.48. The van der Waals surface area contributed by atoms with E-state index in [9.17, 15) is 0 Å². The molecule has 0 saturated heterocycles. The van der Waals surface area contributed by atoms with Gasteiger partial charge in [0, 0.05) is 0 Å². The average molecular weight is 272 g/mol. The van der Waals surface area contributed by atoms with E-state index >= 15 is 0 Å². The van der Waals surface area contributed by atoms with Crippen LogP contribution in [0.3, 0.4) is 0 Å². The van der Waals surface area contributed by atoms with Crippen molar-refractivity contribution in [1.82, 2.24) is 0 Å². The van der Waals surface area contributed by atoms with Crippen LogP contribution in [-0.4, -0.2) is 0 Å². The lowest BCUT2D eigenvalue weighted by Crippen LogP contribution is -1.97. The number of hydrogen-bond donors (Lipinski definition) is 0. The quantitative estimate of drug-likeness (QED) is 0.530. The molecule has 0 spiro atoms. The summed E-state index contributed by atoms with van der Waals surface area (Å²) in [6.07, 6.45) is 14.2. The highest BCUT2D eigenvalue weighted by atomic mass is 14.1. The van der Waals surface area contributed by atoms with E-state index in [4.69, 9.17) is 0 Å². The smallest absolute Gasteiger partial charge is 0.0257 e. The fraction of sp³-hybridized carbons (Fsp3) is 0.600. The highest BCUT2D eigenvalue weighted by molar-refractivity contribution is 5.24. The molecule has 2 aliphatic rings. The second-order valence-electron chi connectivity index (χ2n) is 6.82. The first-order valence-electron chi connectivity index (χ1n) is 8.12. The molecule has 0 heterocycles. The average Bonchev–Trinajstić information content (AvgIpc) is 2.40. The third-order valence-electron chi connectivity index (χ3n) is 4.26. The van der Waals surface area contributed by atoms with Crippen LogP contribution in [0.4, 0.5) is 0 Å². The third-order valence-corrected chi connectivity index (χ3v) is 4.26. The van der Waals surface area contributed by atoms with Crippen LogP contribution in [-0.2, 0) is 0 Å². The van der Waals surface area contributed by atoms with Gasteiger partial charge in [0.15, 0.2) is 0 Å². The Balaban J connectivity index is 0.000000200. The van der Waals surface area contributed by atoms with Gasteiger partial charge in [-0.15, -0.1) is 0 Å². The van der Waals surface area contributed by atoms with Gasteiger partial charge in [-0.1, -0.05) is 74.3 Å². The van der Waals surface area contributed by atoms with Crippen molar-refractivity contribution < 1.29 is 0 Å². The summed E-state index contributed by atoms with van der Waals surface area (Å²) in [6.45, 7) is 13.5. The summed E-state index contributed by atoms with van der Waals surface area (Å²) < 4.78 is 0. The van der Waals surface area contributed by atoms with E-state index in [1.807, 2.05) is 0 Å². The van der Waals surface area contributed by atoms with Crippen molar-refractivity contribution in [3.63, 3.8) is 0 Å². The Morgan fingerprint density at radius 2 is 0.950 bits per heavy atom. The van der Waals surface area contributed by atoms with Gasteiger partial charge < -0.3 is 0 Å². The normalized spacial score (nSPS) is 18.8. The molecule has 0 aromatic rings. The van der Waals surface area contributed by atoms with Crippen LogP contribution in [0.5, 0.6) is 0 Å². The summed E-state index contributed by atoms with van der Waals surface area (Å²) in [5, 5.41) is 0. The molecule has 0 bridgehead atoms. The van der Waals surface area contributed by atoms with E-state index in [0.29, 0.717) is 0 Å². The minimum absolute atomic E-state index is 0.740. The molecule has 0 heteroatoms. The Hall–Kier alpha value is -1.04. The monoisotopic (exact) mass is 272 g/mol. The minimum Gasteiger partial charge on any atom is -0.0730 e. The minimum atomic E-state index is 0.740. The fourth-order valence-electron chi connectivity index (χ4n) is 2.48. The lowest BCUT2D eigenvalue weighted by molar-refractivity contribution is 0.700. The molecule has 0 aliphatic heterocycles. The summed E-state index contributed by atoms with van der Waals surface area (Å²) in [5.41, 5.74) is 6.24. The molecule has 2 rings (SSSR count). The van der Waals surface area contributed by atoms with Crippen LogP contribution >= 0.6 is 0 Å². The summed E-state index contributed by atoms with van der Waals surface area (Å²) in [4.78, 5) is 0. The molecule has 0 atom stereocenters. The Morgan fingerprint density at radius 3 is 1.15 bits per heavy atom. The van der Waals surface area contributed by atoms with E-state index in [0.717, 1.165) is 11.8 Å². The van der Waals surface area contributed by atoms with Gasteiger partial charge in [-0.3, -0.25) is 0 Å². The van der Waals surface area contributed by atoms with Crippen LogP contribution in [0.2, 0.25) is 0 Å². The molecule has 20 heavy (non-hydrogen) atoms. The maximum atomic E-state index is 2.28. The zero-order valence-corrected chi connectivity index (χ0v) is 14.3. The largest absolute Gasteiger partial charge is 0.0730 e. The first-order valence-corrected chi connectivity index (χ1v) is 8.12. The molecule has 0 aromatic heterocycles. The molecule has 0 radical (unpaired) electrons. The second-order valence-corrected chi connectivity index (χ2v) is 6.82. The van der Waals surface area contributed by atoms with E-state index in [-0.39, 0.29) is 0 Å². The summed E-state index contributed by atoms with van der Waals surface area (Å²) >= 11 is 0. The zero-order valence-electron chi connectivity index (χ0n) is 14.3. The topological polar surface area (TPSA) is 0 Å². The predicted molar refractivity (Wildman–Crippen MR) is 91.8 cm³/mol. The summed E-state index contributed by atoms with van der Waals surface area (Å²) in [6, 6.07) is 0. The molecule has 0 saturated carbocycles. The van der Waals surface area contributed by atoms with Crippen LogP contribution in [0, 0.1) is 11.8 Å². The van der Waals surface area contributed by atoms with Gasteiger partial charge in [0.1, 0.15) is 0 Å². The zero-order chi connectivity index (χ0) is 15.1. The van der Waals surface area contributed by atoms with Gasteiger partial charge in [-0.25, -0.2) is 0 Å². The third kappa shape index (κ3) is 5.94. The molecule has 0 aromatic carbocycles. The molecule has 0 N–H and O–H groups in total. The van der Waals surface area contributed by atoms with Crippen molar-refractivity contribution in [1.29, 1.82) is 0 Å². The van der Waals surface area contributed by atoms with Crippen LogP contribution in [0.1, 0.15) is 67.2 Å². The highest BCUT2D eigenvalue weighted by Crippen LogP contribution is 2.23. The van der Waals surface area contributed by atoms with Gasteiger partial charge in [-0.05, 0) is 51.4 Å². The van der Waals surface area contributed by atoms with Crippen molar-refractivity contribution in [3.8, 4) is 0 Å². The summed E-state index contributed by atoms with van der Waals surface area (Å²) in [5.74, 6) is 1.48. The van der Waals surface area contributed by atoms with E-state index in [1.165, 1.54) is 36.8 Å². The van der Waals surface area contributed by atoms with Gasteiger partial charge >= 0.3 is 0 Å². The van der Waals surface area contributed by atoms with E-state index in [1.54, 1.807) is 11.1 Å². The molecular formula is C20H32. The SMILES string of the molecule is CC1=CC=C(C(C)C)CC1.CC1=CC=C(C(C)C)CC1. The Kier molecular flexibility index (Phi) is 7.05. The molecule has 0 amide bonds. The van der Waals surface area contributed by atoms with Crippen molar-refractivity contribution in [3.05, 3.63) is 46.6 Å². The molecular weight excluding hydrogens is 240 g/mol. The molecule has 2 aliphatic carbocycles. The summed E-state index contributed by atoms with van der Waals surface area (Å²) in [7, 11) is 0. The van der Waals surface area contributed by atoms with Gasteiger partial charge in [0.25, 0.3) is 0 Å². The highest BCUT2D eigenvalue weighted by Gasteiger charge is 2.06. The van der Waals surface area contributed by atoms with Crippen molar-refractivity contribution in [2.45, 2.75) is 67.2 Å². The Bertz CT molecular complexity index is 383. The lowest BCUT2D eigenvalue weighted by atomic mass is 9.92. The Morgan fingerprint density at radius 1 is 0.600 bits per heavy atom. The Labute approximate surface area is 126 Å². The van der Waals surface area contributed by atoms with E-state index < -0.39 is 0 Å². The first kappa shape index (κ1) is 17.0. The van der Waals surface area contributed by atoms with Gasteiger partial charge in [0.2, 0.25) is 0 Å². The maximum Gasteiger partial charge on any atom is -0.0257 e. The number of allylic oxidation sites excluding steroid dienone is 8. The first-order chi connectivity index (χ1) is 9.40. The number of hydrogen-bond acceptors (Lipinski definition) is 0. The second kappa shape index (κ2) is 8.29. The molecule has 0 nitrogen and oxygen atoms in total. The van der Waals surface area contributed by atoms with Gasteiger partial charge in [-0.2, -0.15) is 0 Å². The molecule has 0 fully saturated rings. The van der Waals surface area contributed by atoms with Crippen molar-refractivity contribution >= 4 is 0 Å². The van der Waals surface area contributed by atoms with Crippen LogP contribution in [0.15, 0.2) is 46.6 Å². The maximum absolute atomic E-state index is 2.28. The van der Waals surface area contributed by atoms with Crippen LogP contribution < -0.4 is 0 Å². The van der Waals surface area contributed by atoms with Crippen molar-refractivity contribution in [2.75, 3.05) is 0 Å². The van der Waals surface area contributed by atoms with Crippen LogP contribution in [0.25, 0.3) is 0 Å². The predicted octanol–water partition coefficient (Wildman–Crippen LogP) is 6.62. The van der Waals surface area contributed by atoms with E-state index in [2.05, 4.69) is 65.8 Å². The van der Waals surface area contributed by atoms with Gasteiger partial charge in [0.05, 0.1) is 0 Å². The lowest BCUT2D eigenvalue weighted by Gasteiger charge is -2.14.